The topological polar surface area (TPSA) is 38.8 Å². The summed E-state index contributed by atoms with van der Waals surface area (Å²) in [5, 5.41) is 0. The second-order valence-electron chi connectivity index (χ2n) is 6.66. The minimum atomic E-state index is -0.448. The van der Waals surface area contributed by atoms with E-state index < -0.39 is 5.60 Å². The van der Waals surface area contributed by atoms with E-state index in [9.17, 15) is 4.79 Å². The second kappa shape index (κ2) is 6.81. The minimum absolute atomic E-state index is 0.195. The van der Waals surface area contributed by atoms with Crippen molar-refractivity contribution in [3.05, 3.63) is 11.1 Å². The van der Waals surface area contributed by atoms with E-state index in [0.717, 1.165) is 18.4 Å². The van der Waals surface area contributed by atoms with Gasteiger partial charge >= 0.3 is 6.09 Å². The lowest BCUT2D eigenvalue weighted by atomic mass is 9.93. The van der Waals surface area contributed by atoms with E-state index in [0.29, 0.717) is 19.7 Å². The average molecular weight is 304 g/mol. The highest BCUT2D eigenvalue weighted by Crippen LogP contribution is 2.27. The molecule has 5 heteroatoms. The number of hydrogen-bond donors (Lipinski definition) is 0. The van der Waals surface area contributed by atoms with Gasteiger partial charge in [-0.25, -0.2) is 4.79 Å². The van der Waals surface area contributed by atoms with Crippen molar-refractivity contribution >= 4 is 17.7 Å². The van der Waals surface area contributed by atoms with Crippen LogP contribution in [0.2, 0.25) is 0 Å². The zero-order valence-electron chi connectivity index (χ0n) is 13.2. The fourth-order valence-electron chi connectivity index (χ4n) is 1.95. The van der Waals surface area contributed by atoms with Crippen LogP contribution in [-0.4, -0.2) is 41.9 Å². The molecule has 1 aliphatic heterocycles. The normalized spacial score (nSPS) is 19.9. The quantitative estimate of drug-likeness (QED) is 0.793. The third-order valence-electron chi connectivity index (χ3n) is 3.31. The Bertz CT molecular complexity index is 366. The molecule has 0 aromatic carbocycles. The largest absolute Gasteiger partial charge is 0.444 e. The highest BCUT2D eigenvalue weighted by atomic mass is 35.5. The van der Waals surface area contributed by atoms with Crippen LogP contribution in [0.5, 0.6) is 0 Å². The third-order valence-corrected chi connectivity index (χ3v) is 3.68. The second-order valence-corrected chi connectivity index (χ2v) is 6.88. The number of nitrogens with zero attached hydrogens (tertiary/aromatic N) is 1. The molecular weight excluding hydrogens is 278 g/mol. The number of ether oxygens (including phenoxy) is 2. The molecule has 0 atom stereocenters. The number of carbonyl (C=O) groups excluding carboxylic acids is 1. The van der Waals surface area contributed by atoms with Gasteiger partial charge in [0.25, 0.3) is 0 Å². The van der Waals surface area contributed by atoms with Gasteiger partial charge in [-0.2, -0.15) is 0 Å². The molecule has 1 rings (SSSR count). The molecule has 0 unspecified atom stereocenters. The molecular formula is C15H26ClNO3. The van der Waals surface area contributed by atoms with Gasteiger partial charge < -0.3 is 14.4 Å². The first-order chi connectivity index (χ1) is 9.15. The highest BCUT2D eigenvalue weighted by Gasteiger charge is 2.34. The van der Waals surface area contributed by atoms with Crippen LogP contribution in [0, 0.1) is 0 Å². The Kier molecular flexibility index (Phi) is 5.90. The number of halogens is 1. The zero-order valence-corrected chi connectivity index (χ0v) is 13.9. The number of amides is 1. The molecule has 1 fully saturated rings. The Morgan fingerprint density at radius 2 is 1.90 bits per heavy atom. The predicted molar refractivity (Wildman–Crippen MR) is 81.0 cm³/mol. The summed E-state index contributed by atoms with van der Waals surface area (Å²) in [5.41, 5.74) is 1.90. The molecule has 4 nitrogen and oxygen atoms in total. The van der Waals surface area contributed by atoms with Crippen molar-refractivity contribution in [1.29, 1.82) is 0 Å². The number of piperidine rings is 1. The smallest absolute Gasteiger partial charge is 0.410 e. The highest BCUT2D eigenvalue weighted by molar-refractivity contribution is 6.25. The molecule has 0 aromatic rings. The van der Waals surface area contributed by atoms with E-state index in [1.165, 1.54) is 0 Å². The molecule has 0 aromatic heterocycles. The standard InChI is InChI=1S/C15H26ClNO3/c1-12(10-16)11-19-15(5)6-8-17(9-7-15)13(18)20-14(2,3)4/h10H,6-9,11H2,1-5H3. The first kappa shape index (κ1) is 17.3. The SMILES string of the molecule is CC(=CCl)COC1(C)CCN(C(=O)OC(C)(C)C)CC1. The Morgan fingerprint density at radius 1 is 1.35 bits per heavy atom. The summed E-state index contributed by atoms with van der Waals surface area (Å²) in [6.07, 6.45) is 1.38. The van der Waals surface area contributed by atoms with Crippen molar-refractivity contribution in [2.75, 3.05) is 19.7 Å². The van der Waals surface area contributed by atoms with Crippen molar-refractivity contribution in [3.8, 4) is 0 Å². The predicted octanol–water partition coefficient (Wildman–Crippen LogP) is 3.94. The van der Waals surface area contributed by atoms with E-state index in [4.69, 9.17) is 21.1 Å². The van der Waals surface area contributed by atoms with Crippen LogP contribution in [0.1, 0.15) is 47.5 Å². The summed E-state index contributed by atoms with van der Waals surface area (Å²) >= 11 is 5.63. The van der Waals surface area contributed by atoms with Gasteiger partial charge in [-0.05, 0) is 53.0 Å². The van der Waals surface area contributed by atoms with Crippen molar-refractivity contribution < 1.29 is 14.3 Å². The Labute approximate surface area is 127 Å². The lowest BCUT2D eigenvalue weighted by molar-refractivity contribution is -0.0640. The van der Waals surface area contributed by atoms with Crippen molar-refractivity contribution in [2.45, 2.75) is 58.7 Å². The summed E-state index contributed by atoms with van der Waals surface area (Å²) in [4.78, 5) is 13.7. The van der Waals surface area contributed by atoms with Crippen molar-refractivity contribution in [3.63, 3.8) is 0 Å². The fraction of sp³-hybridized carbons (Fsp3) is 0.800. The van der Waals surface area contributed by atoms with E-state index in [1.54, 1.807) is 10.4 Å². The fourth-order valence-corrected chi connectivity index (χ4v) is 2.02. The maximum atomic E-state index is 12.0. The van der Waals surface area contributed by atoms with Crippen LogP contribution in [-0.2, 0) is 9.47 Å². The van der Waals surface area contributed by atoms with Gasteiger partial charge in [0.1, 0.15) is 5.60 Å². The van der Waals surface area contributed by atoms with Crippen LogP contribution < -0.4 is 0 Å². The van der Waals surface area contributed by atoms with E-state index in [1.807, 2.05) is 27.7 Å². The summed E-state index contributed by atoms with van der Waals surface area (Å²) in [5.74, 6) is 0. The summed E-state index contributed by atoms with van der Waals surface area (Å²) in [6.45, 7) is 11.5. The monoisotopic (exact) mass is 303 g/mol. The molecule has 20 heavy (non-hydrogen) atoms. The minimum Gasteiger partial charge on any atom is -0.444 e. The van der Waals surface area contributed by atoms with Gasteiger partial charge in [-0.1, -0.05) is 11.6 Å². The molecule has 0 bridgehead atoms. The number of likely N-dealkylation sites (tertiary alicyclic amines) is 1. The van der Waals surface area contributed by atoms with Gasteiger partial charge in [-0.3, -0.25) is 0 Å². The number of carbonyl (C=O) groups is 1. The summed E-state index contributed by atoms with van der Waals surface area (Å²) < 4.78 is 11.3. The summed E-state index contributed by atoms with van der Waals surface area (Å²) in [6, 6.07) is 0. The number of rotatable bonds is 3. The molecule has 116 valence electrons. The molecule has 1 amide bonds. The molecule has 1 saturated heterocycles. The van der Waals surface area contributed by atoms with Crippen LogP contribution in [0.25, 0.3) is 0 Å². The molecule has 0 saturated carbocycles. The third kappa shape index (κ3) is 5.71. The van der Waals surface area contributed by atoms with Gasteiger partial charge in [0.05, 0.1) is 12.2 Å². The maximum absolute atomic E-state index is 12.0. The van der Waals surface area contributed by atoms with Crippen LogP contribution in [0.3, 0.4) is 0 Å². The summed E-state index contributed by atoms with van der Waals surface area (Å²) in [7, 11) is 0. The van der Waals surface area contributed by atoms with Crippen molar-refractivity contribution in [2.24, 2.45) is 0 Å². The molecule has 0 spiro atoms. The Morgan fingerprint density at radius 3 is 2.35 bits per heavy atom. The van der Waals surface area contributed by atoms with Crippen LogP contribution in [0.4, 0.5) is 4.79 Å². The molecule has 0 radical (unpaired) electrons. The molecule has 1 aliphatic rings. The molecule has 0 aliphatic carbocycles. The van der Waals surface area contributed by atoms with Gasteiger partial charge in [0, 0.05) is 18.6 Å². The Balaban J connectivity index is 2.44. The van der Waals surface area contributed by atoms with Gasteiger partial charge in [-0.15, -0.1) is 0 Å². The molecule has 0 N–H and O–H groups in total. The van der Waals surface area contributed by atoms with Crippen molar-refractivity contribution in [1.82, 2.24) is 4.90 Å². The number of hydrogen-bond acceptors (Lipinski definition) is 3. The first-order valence-electron chi connectivity index (χ1n) is 7.03. The lowest BCUT2D eigenvalue weighted by Crippen LogP contribution is -2.48. The van der Waals surface area contributed by atoms with Gasteiger partial charge in [0.2, 0.25) is 0 Å². The Hall–Kier alpha value is -0.740. The lowest BCUT2D eigenvalue weighted by Gasteiger charge is -2.39. The van der Waals surface area contributed by atoms with E-state index >= 15 is 0 Å². The van der Waals surface area contributed by atoms with E-state index in [-0.39, 0.29) is 11.7 Å². The first-order valence-corrected chi connectivity index (χ1v) is 7.47. The average Bonchev–Trinajstić information content (AvgIpc) is 2.34. The van der Waals surface area contributed by atoms with Gasteiger partial charge in [0.15, 0.2) is 0 Å². The van der Waals surface area contributed by atoms with E-state index in [2.05, 4.69) is 6.92 Å². The maximum Gasteiger partial charge on any atom is 0.410 e. The van der Waals surface area contributed by atoms with Crippen LogP contribution >= 0.6 is 11.6 Å². The van der Waals surface area contributed by atoms with Crippen LogP contribution in [0.15, 0.2) is 11.1 Å². The molecule has 1 heterocycles. The zero-order chi connectivity index (χ0) is 15.4.